The van der Waals surface area contributed by atoms with Crippen LogP contribution in [0.5, 0.6) is 0 Å². The Balaban J connectivity index is 2.21. The summed E-state index contributed by atoms with van der Waals surface area (Å²) in [7, 11) is 0. The maximum Gasteiger partial charge on any atom is 0.0410 e. The first-order chi connectivity index (χ1) is 7.81. The van der Waals surface area contributed by atoms with Gasteiger partial charge in [-0.25, -0.2) is 0 Å². The molecule has 1 heteroatoms. The SMILES string of the molecule is CCN(C1=CCC(C)C=C1)c1ccccc1. The van der Waals surface area contributed by atoms with Crippen molar-refractivity contribution in [2.24, 2.45) is 5.92 Å². The van der Waals surface area contributed by atoms with E-state index in [4.69, 9.17) is 0 Å². The van der Waals surface area contributed by atoms with E-state index in [1.165, 1.54) is 11.4 Å². The lowest BCUT2D eigenvalue weighted by molar-refractivity contribution is 0.724. The van der Waals surface area contributed by atoms with E-state index in [1.807, 2.05) is 0 Å². The molecule has 16 heavy (non-hydrogen) atoms. The van der Waals surface area contributed by atoms with Crippen LogP contribution in [0, 0.1) is 5.92 Å². The molecule has 0 aliphatic heterocycles. The van der Waals surface area contributed by atoms with Gasteiger partial charge in [0.15, 0.2) is 0 Å². The zero-order valence-electron chi connectivity index (χ0n) is 10.1. The Morgan fingerprint density at radius 1 is 1.25 bits per heavy atom. The molecule has 0 spiro atoms. The molecule has 0 radical (unpaired) electrons. The molecule has 2 rings (SSSR count). The number of allylic oxidation sites excluding steroid dienone is 3. The van der Waals surface area contributed by atoms with Gasteiger partial charge in [-0.1, -0.05) is 37.3 Å². The Kier molecular flexibility index (Phi) is 3.45. The summed E-state index contributed by atoms with van der Waals surface area (Å²) in [6, 6.07) is 10.6. The van der Waals surface area contributed by atoms with Crippen LogP contribution in [0.3, 0.4) is 0 Å². The number of benzene rings is 1. The van der Waals surface area contributed by atoms with E-state index in [2.05, 4.69) is 67.3 Å². The molecular formula is C15H19N. The van der Waals surface area contributed by atoms with Crippen LogP contribution in [-0.2, 0) is 0 Å². The molecule has 1 atom stereocenters. The number of hydrogen-bond donors (Lipinski definition) is 0. The summed E-state index contributed by atoms with van der Waals surface area (Å²) in [5.74, 6) is 0.679. The average Bonchev–Trinajstić information content (AvgIpc) is 2.34. The highest BCUT2D eigenvalue weighted by Gasteiger charge is 2.10. The van der Waals surface area contributed by atoms with Gasteiger partial charge < -0.3 is 4.90 Å². The number of nitrogens with zero attached hydrogens (tertiary/aromatic N) is 1. The second kappa shape index (κ2) is 5.02. The first-order valence-corrected chi connectivity index (χ1v) is 6.02. The topological polar surface area (TPSA) is 3.24 Å². The van der Waals surface area contributed by atoms with Gasteiger partial charge in [-0.05, 0) is 37.5 Å². The summed E-state index contributed by atoms with van der Waals surface area (Å²) in [6.07, 6.45) is 8.02. The molecule has 1 aliphatic rings. The fourth-order valence-corrected chi connectivity index (χ4v) is 2.04. The normalized spacial score (nSPS) is 19.4. The summed E-state index contributed by atoms with van der Waals surface area (Å²) in [5.41, 5.74) is 2.60. The molecule has 0 N–H and O–H groups in total. The Hall–Kier alpha value is -1.50. The summed E-state index contributed by atoms with van der Waals surface area (Å²) in [4.78, 5) is 2.35. The third-order valence-electron chi connectivity index (χ3n) is 2.99. The Labute approximate surface area is 98.1 Å². The van der Waals surface area contributed by atoms with Crippen molar-refractivity contribution in [3.05, 3.63) is 54.3 Å². The van der Waals surface area contributed by atoms with Crippen molar-refractivity contribution >= 4 is 5.69 Å². The van der Waals surface area contributed by atoms with Crippen LogP contribution in [-0.4, -0.2) is 6.54 Å². The van der Waals surface area contributed by atoms with Crippen molar-refractivity contribution in [1.82, 2.24) is 0 Å². The van der Waals surface area contributed by atoms with Gasteiger partial charge in [0.25, 0.3) is 0 Å². The van der Waals surface area contributed by atoms with Crippen molar-refractivity contribution in [2.45, 2.75) is 20.3 Å². The van der Waals surface area contributed by atoms with E-state index >= 15 is 0 Å². The monoisotopic (exact) mass is 213 g/mol. The predicted molar refractivity (Wildman–Crippen MR) is 70.5 cm³/mol. The number of anilines is 1. The van der Waals surface area contributed by atoms with Crippen LogP contribution in [0.1, 0.15) is 20.3 Å². The van der Waals surface area contributed by atoms with Gasteiger partial charge in [-0.3, -0.25) is 0 Å². The lowest BCUT2D eigenvalue weighted by Gasteiger charge is -2.26. The minimum atomic E-state index is 0.679. The van der Waals surface area contributed by atoms with Crippen LogP contribution in [0.25, 0.3) is 0 Å². The quantitative estimate of drug-likeness (QED) is 0.733. The van der Waals surface area contributed by atoms with E-state index in [0.717, 1.165) is 13.0 Å². The molecule has 0 saturated heterocycles. The minimum absolute atomic E-state index is 0.679. The van der Waals surface area contributed by atoms with Gasteiger partial charge in [-0.15, -0.1) is 0 Å². The van der Waals surface area contributed by atoms with Gasteiger partial charge in [0.1, 0.15) is 0 Å². The third kappa shape index (κ3) is 2.35. The van der Waals surface area contributed by atoms with Gasteiger partial charge in [-0.2, -0.15) is 0 Å². The van der Waals surface area contributed by atoms with E-state index in [-0.39, 0.29) is 0 Å². The summed E-state index contributed by atoms with van der Waals surface area (Å²) in [6.45, 7) is 5.46. The van der Waals surface area contributed by atoms with E-state index in [1.54, 1.807) is 0 Å². The van der Waals surface area contributed by atoms with Crippen molar-refractivity contribution < 1.29 is 0 Å². The van der Waals surface area contributed by atoms with Gasteiger partial charge >= 0.3 is 0 Å². The number of hydrogen-bond acceptors (Lipinski definition) is 1. The first-order valence-electron chi connectivity index (χ1n) is 6.02. The van der Waals surface area contributed by atoms with Crippen LogP contribution in [0.2, 0.25) is 0 Å². The maximum absolute atomic E-state index is 2.35. The van der Waals surface area contributed by atoms with E-state index in [0.29, 0.717) is 5.92 Å². The second-order valence-electron chi connectivity index (χ2n) is 4.28. The smallest absolute Gasteiger partial charge is 0.0410 e. The fraction of sp³-hybridized carbons (Fsp3) is 0.333. The summed E-state index contributed by atoms with van der Waals surface area (Å²) < 4.78 is 0. The molecule has 0 heterocycles. The molecular weight excluding hydrogens is 194 g/mol. The second-order valence-corrected chi connectivity index (χ2v) is 4.28. The Morgan fingerprint density at radius 3 is 2.56 bits per heavy atom. The number of likely N-dealkylation sites (N-methyl/N-ethyl adjacent to an activating group) is 1. The third-order valence-corrected chi connectivity index (χ3v) is 2.99. The lowest BCUT2D eigenvalue weighted by Crippen LogP contribution is -2.22. The maximum atomic E-state index is 2.35. The average molecular weight is 213 g/mol. The van der Waals surface area contributed by atoms with Crippen LogP contribution in [0.15, 0.2) is 54.3 Å². The van der Waals surface area contributed by atoms with Crippen LogP contribution < -0.4 is 4.90 Å². The van der Waals surface area contributed by atoms with E-state index < -0.39 is 0 Å². The minimum Gasteiger partial charge on any atom is -0.342 e. The molecule has 1 aromatic rings. The molecule has 1 aromatic carbocycles. The van der Waals surface area contributed by atoms with Gasteiger partial charge in [0.2, 0.25) is 0 Å². The van der Waals surface area contributed by atoms with Crippen LogP contribution >= 0.6 is 0 Å². The standard InChI is InChI=1S/C15H19N/c1-3-16(14-7-5-4-6-8-14)15-11-9-13(2)10-12-15/h4-9,11-13H,3,10H2,1-2H3. The molecule has 0 saturated carbocycles. The van der Waals surface area contributed by atoms with Gasteiger partial charge in [0.05, 0.1) is 0 Å². The number of rotatable bonds is 3. The van der Waals surface area contributed by atoms with Crippen molar-refractivity contribution in [1.29, 1.82) is 0 Å². The Bertz CT molecular complexity index is 389. The molecule has 0 bridgehead atoms. The zero-order valence-corrected chi connectivity index (χ0v) is 10.1. The zero-order chi connectivity index (χ0) is 11.4. The molecule has 0 aromatic heterocycles. The molecule has 1 nitrogen and oxygen atoms in total. The van der Waals surface area contributed by atoms with Crippen molar-refractivity contribution in [2.75, 3.05) is 11.4 Å². The highest BCUT2D eigenvalue weighted by molar-refractivity contribution is 5.54. The lowest BCUT2D eigenvalue weighted by atomic mass is 10.0. The molecule has 84 valence electrons. The largest absolute Gasteiger partial charge is 0.342 e. The molecule has 0 amide bonds. The van der Waals surface area contributed by atoms with Crippen molar-refractivity contribution in [3.8, 4) is 0 Å². The predicted octanol–water partition coefficient (Wildman–Crippen LogP) is 3.99. The van der Waals surface area contributed by atoms with E-state index in [9.17, 15) is 0 Å². The summed E-state index contributed by atoms with van der Waals surface area (Å²) >= 11 is 0. The van der Waals surface area contributed by atoms with Crippen molar-refractivity contribution in [3.63, 3.8) is 0 Å². The highest BCUT2D eigenvalue weighted by Crippen LogP contribution is 2.23. The summed E-state index contributed by atoms with van der Waals surface area (Å²) in [5, 5.41) is 0. The first kappa shape index (κ1) is 11.0. The molecule has 0 fully saturated rings. The number of para-hydroxylation sites is 1. The van der Waals surface area contributed by atoms with Gasteiger partial charge in [0, 0.05) is 17.9 Å². The fourth-order valence-electron chi connectivity index (χ4n) is 2.04. The molecule has 1 aliphatic carbocycles. The molecule has 1 unspecified atom stereocenters. The Morgan fingerprint density at radius 2 is 2.00 bits per heavy atom. The highest BCUT2D eigenvalue weighted by atomic mass is 15.1. The van der Waals surface area contributed by atoms with Crippen LogP contribution in [0.4, 0.5) is 5.69 Å².